The number of carbonyl (C=O) groups is 3. The molecule has 43 heavy (non-hydrogen) atoms. The van der Waals surface area contributed by atoms with E-state index >= 15 is 0 Å². The number of carboxylic acid groups (broad SMARTS) is 1. The third-order valence-electron chi connectivity index (χ3n) is 7.65. The molecule has 8 nitrogen and oxygen atoms in total. The largest absolute Gasteiger partial charge is 0.507 e. The molecule has 4 aromatic rings. The number of aromatic carboxylic acids is 1. The van der Waals surface area contributed by atoms with Gasteiger partial charge in [0, 0.05) is 23.7 Å². The molecule has 3 N–H and O–H groups in total. The number of nitrogens with zero attached hydrogens (tertiary/aromatic N) is 1. The van der Waals surface area contributed by atoms with Gasteiger partial charge in [-0.2, -0.15) is 0 Å². The highest BCUT2D eigenvalue weighted by Gasteiger charge is 2.28. The summed E-state index contributed by atoms with van der Waals surface area (Å²) in [7, 11) is 0. The number of rotatable bonds is 10. The van der Waals surface area contributed by atoms with Crippen LogP contribution in [0.5, 0.6) is 17.2 Å². The number of carbonyl (C=O) groups excluding carboxylic acids is 2. The van der Waals surface area contributed by atoms with Gasteiger partial charge < -0.3 is 25.2 Å². The summed E-state index contributed by atoms with van der Waals surface area (Å²) in [5, 5.41) is 22.4. The highest BCUT2D eigenvalue weighted by atomic mass is 16.5. The molecule has 4 aromatic carbocycles. The maximum absolute atomic E-state index is 13.6. The Labute approximate surface area is 250 Å². The Morgan fingerprint density at radius 1 is 0.791 bits per heavy atom. The lowest BCUT2D eigenvalue weighted by molar-refractivity contribution is -0.123. The molecule has 220 valence electrons. The Hall–Kier alpha value is -5.11. The molecule has 0 radical (unpaired) electrons. The third kappa shape index (κ3) is 7.60. The zero-order chi connectivity index (χ0) is 30.2. The van der Waals surface area contributed by atoms with Crippen LogP contribution in [0.4, 0.5) is 5.69 Å². The van der Waals surface area contributed by atoms with Crippen molar-refractivity contribution in [1.82, 2.24) is 5.32 Å². The third-order valence-corrected chi connectivity index (χ3v) is 7.65. The summed E-state index contributed by atoms with van der Waals surface area (Å²) in [6.45, 7) is 0.557. The van der Waals surface area contributed by atoms with Gasteiger partial charge in [0.2, 0.25) is 5.91 Å². The van der Waals surface area contributed by atoms with Gasteiger partial charge in [0.15, 0.2) is 0 Å². The number of ether oxygens (including phenoxy) is 1. The van der Waals surface area contributed by atoms with E-state index in [-0.39, 0.29) is 35.6 Å². The Morgan fingerprint density at radius 2 is 1.44 bits per heavy atom. The van der Waals surface area contributed by atoms with Gasteiger partial charge in [-0.3, -0.25) is 9.59 Å². The molecular weight excluding hydrogens is 544 g/mol. The normalized spacial score (nSPS) is 13.2. The molecule has 0 bridgehead atoms. The van der Waals surface area contributed by atoms with Crippen molar-refractivity contribution in [1.29, 1.82) is 0 Å². The molecule has 0 aliphatic heterocycles. The van der Waals surface area contributed by atoms with E-state index in [9.17, 15) is 24.6 Å². The number of amides is 2. The monoisotopic (exact) mass is 578 g/mol. The molecule has 1 aliphatic carbocycles. The van der Waals surface area contributed by atoms with Gasteiger partial charge in [0.25, 0.3) is 5.91 Å². The molecular formula is C35H34N2O6. The first-order valence-electron chi connectivity index (χ1n) is 14.4. The highest BCUT2D eigenvalue weighted by molar-refractivity contribution is 5.98. The SMILES string of the molecule is O=C(NCc1ccc(Oc2ccccc2)cc1)c1ccc(CN(C(=O)C2CCCCC2)c2ccc(O)c(C(=O)O)c2)cc1. The second kappa shape index (κ2) is 13.7. The zero-order valence-corrected chi connectivity index (χ0v) is 23.7. The van der Waals surface area contributed by atoms with Crippen molar-refractivity contribution in [3.63, 3.8) is 0 Å². The average molecular weight is 579 g/mol. The summed E-state index contributed by atoms with van der Waals surface area (Å²) >= 11 is 0. The quantitative estimate of drug-likeness (QED) is 0.188. The van der Waals surface area contributed by atoms with Crippen LogP contribution in [-0.4, -0.2) is 28.0 Å². The molecule has 1 saturated carbocycles. The van der Waals surface area contributed by atoms with Crippen LogP contribution in [0.1, 0.15) is 63.9 Å². The second-order valence-corrected chi connectivity index (χ2v) is 10.7. The van der Waals surface area contributed by atoms with Crippen LogP contribution in [0.3, 0.4) is 0 Å². The lowest BCUT2D eigenvalue weighted by Crippen LogP contribution is -2.36. The van der Waals surface area contributed by atoms with Crippen molar-refractivity contribution in [2.75, 3.05) is 4.90 Å². The summed E-state index contributed by atoms with van der Waals surface area (Å²) in [5.74, 6) is -0.593. The van der Waals surface area contributed by atoms with Crippen LogP contribution in [0, 0.1) is 5.92 Å². The summed E-state index contributed by atoms with van der Waals surface area (Å²) in [4.78, 5) is 39.7. The lowest BCUT2D eigenvalue weighted by Gasteiger charge is -2.30. The fourth-order valence-electron chi connectivity index (χ4n) is 5.26. The highest BCUT2D eigenvalue weighted by Crippen LogP contribution is 2.31. The molecule has 1 aliphatic rings. The molecule has 1 fully saturated rings. The standard InChI is InChI=1S/C35H34N2O6/c38-32-20-17-28(21-31(32)35(41)42)37(34(40)27-7-3-1-4-8-27)23-25-11-15-26(16-12-25)33(39)36-22-24-13-18-30(19-14-24)43-29-9-5-2-6-10-29/h2,5-6,9-21,27,38H,1,3-4,7-8,22-23H2,(H,36,39)(H,41,42). The molecule has 0 unspecified atom stereocenters. The van der Waals surface area contributed by atoms with Gasteiger partial charge in [0.1, 0.15) is 22.8 Å². The topological polar surface area (TPSA) is 116 Å². The molecule has 5 rings (SSSR count). The number of benzene rings is 4. The van der Waals surface area contributed by atoms with Gasteiger partial charge in [-0.1, -0.05) is 61.7 Å². The Kier molecular flexibility index (Phi) is 9.36. The predicted molar refractivity (Wildman–Crippen MR) is 163 cm³/mol. The van der Waals surface area contributed by atoms with Crippen molar-refractivity contribution in [3.05, 3.63) is 119 Å². The number of phenols is 1. The molecule has 0 atom stereocenters. The Bertz CT molecular complexity index is 1560. The molecule has 2 amide bonds. The summed E-state index contributed by atoms with van der Waals surface area (Å²) in [5.41, 5.74) is 2.35. The fraction of sp³-hybridized carbons (Fsp3) is 0.229. The van der Waals surface area contributed by atoms with Crippen LogP contribution >= 0.6 is 0 Å². The summed E-state index contributed by atoms with van der Waals surface area (Å²) < 4.78 is 5.82. The van der Waals surface area contributed by atoms with Gasteiger partial charge in [-0.25, -0.2) is 4.79 Å². The molecule has 0 spiro atoms. The van der Waals surface area contributed by atoms with Gasteiger partial charge in [-0.15, -0.1) is 0 Å². The van der Waals surface area contributed by atoms with E-state index in [0.717, 1.165) is 49.0 Å². The van der Waals surface area contributed by atoms with E-state index in [1.807, 2.05) is 54.6 Å². The number of hydrogen-bond acceptors (Lipinski definition) is 5. The smallest absolute Gasteiger partial charge is 0.339 e. The van der Waals surface area contributed by atoms with E-state index in [0.29, 0.717) is 23.5 Å². The predicted octanol–water partition coefficient (Wildman–Crippen LogP) is 6.93. The number of carboxylic acids is 1. The van der Waals surface area contributed by atoms with Crippen LogP contribution < -0.4 is 15.0 Å². The minimum absolute atomic E-state index is 0.0660. The molecule has 0 aromatic heterocycles. The van der Waals surface area contributed by atoms with Gasteiger partial charge in [-0.05, 0) is 78.6 Å². The summed E-state index contributed by atoms with van der Waals surface area (Å²) in [6, 6.07) is 28.2. The number of hydrogen-bond donors (Lipinski definition) is 3. The van der Waals surface area contributed by atoms with E-state index in [1.54, 1.807) is 35.2 Å². The molecule has 0 saturated heterocycles. The second-order valence-electron chi connectivity index (χ2n) is 10.7. The minimum atomic E-state index is -1.27. The van der Waals surface area contributed by atoms with E-state index in [2.05, 4.69) is 5.32 Å². The number of aromatic hydroxyl groups is 1. The first-order valence-corrected chi connectivity index (χ1v) is 14.4. The summed E-state index contributed by atoms with van der Waals surface area (Å²) in [6.07, 6.45) is 4.65. The van der Waals surface area contributed by atoms with Crippen LogP contribution in [0.2, 0.25) is 0 Å². The maximum atomic E-state index is 13.6. The van der Waals surface area contributed by atoms with Crippen LogP contribution in [0.25, 0.3) is 0 Å². The van der Waals surface area contributed by atoms with Crippen molar-refractivity contribution in [2.24, 2.45) is 5.92 Å². The van der Waals surface area contributed by atoms with E-state index in [4.69, 9.17) is 4.74 Å². The van der Waals surface area contributed by atoms with Crippen LogP contribution in [-0.2, 0) is 17.9 Å². The van der Waals surface area contributed by atoms with E-state index in [1.165, 1.54) is 12.1 Å². The Morgan fingerprint density at radius 3 is 2.12 bits per heavy atom. The van der Waals surface area contributed by atoms with Crippen molar-refractivity contribution in [2.45, 2.75) is 45.2 Å². The number of anilines is 1. The average Bonchev–Trinajstić information content (AvgIpc) is 3.04. The number of nitrogens with one attached hydrogen (secondary N) is 1. The Balaban J connectivity index is 1.24. The van der Waals surface area contributed by atoms with Gasteiger partial charge in [0.05, 0.1) is 6.54 Å². The first-order chi connectivity index (χ1) is 20.9. The maximum Gasteiger partial charge on any atom is 0.339 e. The van der Waals surface area contributed by atoms with Crippen molar-refractivity contribution >= 4 is 23.5 Å². The molecule has 0 heterocycles. The fourth-order valence-corrected chi connectivity index (χ4v) is 5.26. The van der Waals surface area contributed by atoms with Crippen molar-refractivity contribution in [3.8, 4) is 17.2 Å². The zero-order valence-electron chi connectivity index (χ0n) is 23.7. The van der Waals surface area contributed by atoms with E-state index < -0.39 is 5.97 Å². The lowest BCUT2D eigenvalue weighted by atomic mass is 9.88. The molecule has 8 heteroatoms. The first kappa shape index (κ1) is 29.4. The van der Waals surface area contributed by atoms with Crippen LogP contribution in [0.15, 0.2) is 97.1 Å². The van der Waals surface area contributed by atoms with Gasteiger partial charge >= 0.3 is 5.97 Å². The number of para-hydroxylation sites is 1. The minimum Gasteiger partial charge on any atom is -0.507 e. The van der Waals surface area contributed by atoms with Crippen molar-refractivity contribution < 1.29 is 29.3 Å².